The van der Waals surface area contributed by atoms with Crippen LogP contribution in [0.25, 0.3) is 0 Å². The van der Waals surface area contributed by atoms with Crippen molar-refractivity contribution in [3.63, 3.8) is 0 Å². The Morgan fingerprint density at radius 3 is 2.29 bits per heavy atom. The molecule has 0 aliphatic rings. The summed E-state index contributed by atoms with van der Waals surface area (Å²) < 4.78 is 5.08. The van der Waals surface area contributed by atoms with Crippen molar-refractivity contribution >= 4 is 17.4 Å². The van der Waals surface area contributed by atoms with Crippen LogP contribution in [0.15, 0.2) is 48.5 Å². The molecule has 0 radical (unpaired) electrons. The van der Waals surface area contributed by atoms with E-state index in [1.807, 2.05) is 24.3 Å². The van der Waals surface area contributed by atoms with Gasteiger partial charge in [-0.15, -0.1) is 0 Å². The van der Waals surface area contributed by atoms with E-state index in [-0.39, 0.29) is 6.03 Å². The number of nitrogens with one attached hydrogen (secondary N) is 2. The zero-order valence-electron chi connectivity index (χ0n) is 12.5. The van der Waals surface area contributed by atoms with Gasteiger partial charge in [0.05, 0.1) is 7.11 Å². The van der Waals surface area contributed by atoms with Crippen molar-refractivity contribution in [2.24, 2.45) is 0 Å². The highest BCUT2D eigenvalue weighted by molar-refractivity contribution is 6.00. The van der Waals surface area contributed by atoms with Crippen LogP contribution in [0, 0.1) is 0 Å². The Balaban J connectivity index is 2.04. The van der Waals surface area contributed by atoms with E-state index in [4.69, 9.17) is 4.74 Å². The van der Waals surface area contributed by atoms with Gasteiger partial charge in [-0.1, -0.05) is 32.0 Å². The van der Waals surface area contributed by atoms with E-state index in [0.717, 1.165) is 22.7 Å². The molecular weight excluding hydrogens is 264 g/mol. The predicted molar refractivity (Wildman–Crippen MR) is 86.2 cm³/mol. The van der Waals surface area contributed by atoms with E-state index in [1.165, 1.54) is 0 Å². The third-order valence-corrected chi connectivity index (χ3v) is 3.18. The Hall–Kier alpha value is -2.49. The molecule has 4 nitrogen and oxygen atoms in total. The van der Waals surface area contributed by atoms with E-state index in [9.17, 15) is 4.79 Å². The first-order valence-electron chi connectivity index (χ1n) is 6.91. The molecule has 0 saturated carbocycles. The van der Waals surface area contributed by atoms with Crippen molar-refractivity contribution in [2.75, 3.05) is 17.7 Å². The summed E-state index contributed by atoms with van der Waals surface area (Å²) >= 11 is 0. The van der Waals surface area contributed by atoms with Gasteiger partial charge in [0, 0.05) is 11.4 Å². The van der Waals surface area contributed by atoms with E-state index < -0.39 is 0 Å². The molecule has 110 valence electrons. The Kier molecular flexibility index (Phi) is 4.82. The number of carbonyl (C=O) groups excluding carboxylic acids is 1. The normalized spacial score (nSPS) is 10.3. The fourth-order valence-electron chi connectivity index (χ4n) is 2.07. The van der Waals surface area contributed by atoms with Crippen molar-refractivity contribution in [2.45, 2.75) is 19.8 Å². The predicted octanol–water partition coefficient (Wildman–Crippen LogP) is 4.46. The van der Waals surface area contributed by atoms with Gasteiger partial charge in [-0.3, -0.25) is 0 Å². The summed E-state index contributed by atoms with van der Waals surface area (Å²) in [5.74, 6) is 1.11. The molecule has 4 heteroatoms. The van der Waals surface area contributed by atoms with Crippen LogP contribution in [0.4, 0.5) is 16.2 Å². The summed E-state index contributed by atoms with van der Waals surface area (Å²) in [4.78, 5) is 12.1. The molecule has 2 aromatic carbocycles. The maximum Gasteiger partial charge on any atom is 0.323 e. The summed E-state index contributed by atoms with van der Waals surface area (Å²) in [5.41, 5.74) is 2.66. The Morgan fingerprint density at radius 1 is 1.00 bits per heavy atom. The number of rotatable bonds is 4. The first-order chi connectivity index (χ1) is 10.1. The minimum absolute atomic E-state index is 0.256. The number of hydrogen-bond acceptors (Lipinski definition) is 2. The van der Waals surface area contributed by atoms with Crippen LogP contribution in [0.5, 0.6) is 5.75 Å². The van der Waals surface area contributed by atoms with Gasteiger partial charge < -0.3 is 15.4 Å². The van der Waals surface area contributed by atoms with Crippen LogP contribution < -0.4 is 15.4 Å². The van der Waals surface area contributed by atoms with Gasteiger partial charge in [0.1, 0.15) is 5.75 Å². The molecule has 2 N–H and O–H groups in total. The van der Waals surface area contributed by atoms with Crippen LogP contribution in [-0.4, -0.2) is 13.1 Å². The summed E-state index contributed by atoms with van der Waals surface area (Å²) in [6, 6.07) is 14.8. The number of benzene rings is 2. The lowest BCUT2D eigenvalue weighted by atomic mass is 10.0. The molecule has 21 heavy (non-hydrogen) atoms. The number of amides is 2. The molecule has 0 aliphatic heterocycles. The van der Waals surface area contributed by atoms with E-state index >= 15 is 0 Å². The average Bonchev–Trinajstić information content (AvgIpc) is 2.48. The second kappa shape index (κ2) is 6.79. The van der Waals surface area contributed by atoms with Crippen molar-refractivity contribution in [3.8, 4) is 5.75 Å². The van der Waals surface area contributed by atoms with Gasteiger partial charge in [-0.05, 0) is 41.8 Å². The first kappa shape index (κ1) is 14.9. The lowest BCUT2D eigenvalue weighted by Gasteiger charge is -2.14. The third kappa shape index (κ3) is 3.99. The minimum Gasteiger partial charge on any atom is -0.497 e. The van der Waals surface area contributed by atoms with Gasteiger partial charge in [0.25, 0.3) is 0 Å². The van der Waals surface area contributed by atoms with Crippen LogP contribution >= 0.6 is 0 Å². The molecule has 2 amide bonds. The number of para-hydroxylation sites is 1. The highest BCUT2D eigenvalue weighted by Crippen LogP contribution is 2.24. The van der Waals surface area contributed by atoms with Gasteiger partial charge in [0.2, 0.25) is 0 Å². The SMILES string of the molecule is COc1ccc(NC(=O)Nc2ccccc2C(C)C)cc1. The van der Waals surface area contributed by atoms with Gasteiger partial charge in [-0.2, -0.15) is 0 Å². The molecule has 0 aliphatic carbocycles. The third-order valence-electron chi connectivity index (χ3n) is 3.18. The van der Waals surface area contributed by atoms with E-state index in [0.29, 0.717) is 5.92 Å². The van der Waals surface area contributed by atoms with Crippen molar-refractivity contribution in [1.29, 1.82) is 0 Å². The molecule has 2 aromatic rings. The summed E-state index contributed by atoms with van der Waals surface area (Å²) in [5, 5.41) is 5.69. The lowest BCUT2D eigenvalue weighted by molar-refractivity contribution is 0.262. The molecule has 0 aromatic heterocycles. The summed E-state index contributed by atoms with van der Waals surface area (Å²) in [6.45, 7) is 4.20. The minimum atomic E-state index is -0.256. The molecule has 0 saturated heterocycles. The molecule has 0 spiro atoms. The topological polar surface area (TPSA) is 50.4 Å². The van der Waals surface area contributed by atoms with Gasteiger partial charge >= 0.3 is 6.03 Å². The summed E-state index contributed by atoms with van der Waals surface area (Å²) in [7, 11) is 1.61. The van der Waals surface area contributed by atoms with Crippen LogP contribution in [0.1, 0.15) is 25.3 Å². The van der Waals surface area contributed by atoms with Crippen LogP contribution in [0.3, 0.4) is 0 Å². The number of anilines is 2. The fraction of sp³-hybridized carbons (Fsp3) is 0.235. The molecule has 0 atom stereocenters. The first-order valence-corrected chi connectivity index (χ1v) is 6.91. The second-order valence-corrected chi connectivity index (χ2v) is 5.05. The summed E-state index contributed by atoms with van der Waals surface area (Å²) in [6.07, 6.45) is 0. The molecule has 0 heterocycles. The number of carbonyl (C=O) groups is 1. The Bertz CT molecular complexity index is 606. The molecular formula is C17H20N2O2. The van der Waals surface area contributed by atoms with Crippen molar-refractivity contribution in [1.82, 2.24) is 0 Å². The van der Waals surface area contributed by atoms with Crippen molar-refractivity contribution < 1.29 is 9.53 Å². The number of methoxy groups -OCH3 is 1. The highest BCUT2D eigenvalue weighted by atomic mass is 16.5. The highest BCUT2D eigenvalue weighted by Gasteiger charge is 2.09. The van der Waals surface area contributed by atoms with Crippen LogP contribution in [0.2, 0.25) is 0 Å². The van der Waals surface area contributed by atoms with E-state index in [2.05, 4.69) is 24.5 Å². The van der Waals surface area contributed by atoms with Gasteiger partial charge in [-0.25, -0.2) is 4.79 Å². The quantitative estimate of drug-likeness (QED) is 0.870. The fourth-order valence-corrected chi connectivity index (χ4v) is 2.07. The van der Waals surface area contributed by atoms with Crippen LogP contribution in [-0.2, 0) is 0 Å². The lowest BCUT2D eigenvalue weighted by Crippen LogP contribution is -2.20. The van der Waals surface area contributed by atoms with E-state index in [1.54, 1.807) is 31.4 Å². The Morgan fingerprint density at radius 2 is 1.67 bits per heavy atom. The monoisotopic (exact) mass is 284 g/mol. The molecule has 0 bridgehead atoms. The zero-order chi connectivity index (χ0) is 15.2. The number of urea groups is 1. The zero-order valence-corrected chi connectivity index (χ0v) is 12.5. The number of ether oxygens (including phenoxy) is 1. The van der Waals surface area contributed by atoms with Gasteiger partial charge in [0.15, 0.2) is 0 Å². The number of hydrogen-bond donors (Lipinski definition) is 2. The standard InChI is InChI=1S/C17H20N2O2/c1-12(2)15-6-4-5-7-16(15)19-17(20)18-13-8-10-14(21-3)11-9-13/h4-12H,1-3H3,(H2,18,19,20). The van der Waals surface area contributed by atoms with Crippen molar-refractivity contribution in [3.05, 3.63) is 54.1 Å². The molecule has 0 unspecified atom stereocenters. The maximum atomic E-state index is 12.1. The second-order valence-electron chi connectivity index (χ2n) is 5.05. The maximum absolute atomic E-state index is 12.1. The largest absolute Gasteiger partial charge is 0.497 e. The molecule has 0 fully saturated rings. The Labute approximate surface area is 125 Å². The molecule has 2 rings (SSSR count). The average molecular weight is 284 g/mol. The smallest absolute Gasteiger partial charge is 0.323 e.